The number of ketones is 1. The fourth-order valence-electron chi connectivity index (χ4n) is 4.27. The van der Waals surface area contributed by atoms with Crippen molar-refractivity contribution in [1.29, 1.82) is 0 Å². The van der Waals surface area contributed by atoms with Crippen molar-refractivity contribution in [2.24, 2.45) is 0 Å². The van der Waals surface area contributed by atoms with Gasteiger partial charge in [-0.1, -0.05) is 11.8 Å². The largest absolute Gasteiger partial charge is 0.494 e. The molecule has 4 aromatic rings. The lowest BCUT2D eigenvalue weighted by molar-refractivity contribution is 0.102. The molecule has 3 heterocycles. The summed E-state index contributed by atoms with van der Waals surface area (Å²) in [5, 5.41) is 9.59. The number of hydrogen-bond acceptors (Lipinski definition) is 6. The van der Waals surface area contributed by atoms with Crippen molar-refractivity contribution in [3.63, 3.8) is 0 Å². The fourth-order valence-corrected chi connectivity index (χ4v) is 5.09. The Hall–Kier alpha value is -3.26. The molecule has 1 fully saturated rings. The summed E-state index contributed by atoms with van der Waals surface area (Å²) in [6.07, 6.45) is 3.95. The zero-order valence-electron chi connectivity index (χ0n) is 19.7. The number of Topliss-reactive ketones (excluding diaryl/α,β-unsaturated/α-hetero) is 1. The second-order valence-electron chi connectivity index (χ2n) is 8.54. The van der Waals surface area contributed by atoms with Gasteiger partial charge in [-0.3, -0.25) is 9.36 Å². The van der Waals surface area contributed by atoms with Gasteiger partial charge < -0.3 is 13.7 Å². The van der Waals surface area contributed by atoms with Gasteiger partial charge in [0.15, 0.2) is 10.9 Å². The third-order valence-electron chi connectivity index (χ3n) is 6.05. The quantitative estimate of drug-likeness (QED) is 0.220. The number of carbonyl (C=O) groups is 1. The van der Waals surface area contributed by atoms with Crippen molar-refractivity contribution in [1.82, 2.24) is 19.3 Å². The minimum absolute atomic E-state index is 0.0795. The first-order chi connectivity index (χ1) is 16.5. The van der Waals surface area contributed by atoms with Gasteiger partial charge in [-0.25, -0.2) is 0 Å². The van der Waals surface area contributed by atoms with Crippen LogP contribution in [0, 0.1) is 13.8 Å². The second kappa shape index (κ2) is 9.54. The van der Waals surface area contributed by atoms with E-state index < -0.39 is 0 Å². The molecule has 5 rings (SSSR count). The monoisotopic (exact) mass is 476 g/mol. The minimum atomic E-state index is 0.0795. The van der Waals surface area contributed by atoms with Crippen LogP contribution in [0.2, 0.25) is 0 Å². The lowest BCUT2D eigenvalue weighted by Gasteiger charge is -2.11. The number of aryl methyl sites for hydroxylation is 1. The molecule has 0 radical (unpaired) electrons. The third-order valence-corrected chi connectivity index (χ3v) is 7.02. The molecule has 0 N–H and O–H groups in total. The van der Waals surface area contributed by atoms with Crippen LogP contribution in [0.4, 0.5) is 0 Å². The first kappa shape index (κ1) is 22.5. The number of rotatable bonds is 10. The van der Waals surface area contributed by atoms with E-state index in [1.807, 2.05) is 63.2 Å². The van der Waals surface area contributed by atoms with E-state index in [4.69, 9.17) is 9.15 Å². The molecule has 0 spiro atoms. The van der Waals surface area contributed by atoms with E-state index in [-0.39, 0.29) is 5.78 Å². The summed E-state index contributed by atoms with van der Waals surface area (Å²) in [5.41, 5.74) is 3.70. The molecule has 176 valence electrons. The van der Waals surface area contributed by atoms with Gasteiger partial charge in [0.05, 0.1) is 25.2 Å². The number of benzene rings is 1. The Labute approximate surface area is 203 Å². The van der Waals surface area contributed by atoms with Crippen molar-refractivity contribution in [2.45, 2.75) is 51.2 Å². The summed E-state index contributed by atoms with van der Waals surface area (Å²) in [6.45, 7) is 7.20. The van der Waals surface area contributed by atoms with E-state index in [0.717, 1.165) is 58.0 Å². The van der Waals surface area contributed by atoms with Gasteiger partial charge in [0.2, 0.25) is 0 Å². The molecule has 3 aromatic heterocycles. The number of furan rings is 1. The Morgan fingerprint density at radius 3 is 2.65 bits per heavy atom. The molecular formula is C26H28N4O3S. The number of nitrogens with zero attached hydrogens (tertiary/aromatic N) is 4. The molecule has 0 amide bonds. The van der Waals surface area contributed by atoms with Gasteiger partial charge in [0, 0.05) is 28.6 Å². The zero-order chi connectivity index (χ0) is 23.7. The van der Waals surface area contributed by atoms with Crippen molar-refractivity contribution in [3.05, 3.63) is 77.3 Å². The van der Waals surface area contributed by atoms with Gasteiger partial charge in [0.1, 0.15) is 17.3 Å². The van der Waals surface area contributed by atoms with E-state index in [1.54, 1.807) is 6.26 Å². The fraction of sp³-hybridized carbons (Fsp3) is 0.346. The molecule has 34 heavy (non-hydrogen) atoms. The predicted molar refractivity (Wildman–Crippen MR) is 131 cm³/mol. The van der Waals surface area contributed by atoms with Crippen molar-refractivity contribution in [2.75, 3.05) is 12.4 Å². The Morgan fingerprint density at radius 1 is 1.18 bits per heavy atom. The molecule has 1 saturated carbocycles. The predicted octanol–water partition coefficient (Wildman–Crippen LogP) is 5.58. The molecule has 0 bridgehead atoms. The molecule has 1 aliphatic rings. The third kappa shape index (κ3) is 4.55. The van der Waals surface area contributed by atoms with Gasteiger partial charge >= 0.3 is 0 Å². The van der Waals surface area contributed by atoms with E-state index in [0.29, 0.717) is 24.8 Å². The number of hydrogen-bond donors (Lipinski definition) is 0. The highest BCUT2D eigenvalue weighted by molar-refractivity contribution is 7.99. The molecule has 1 aliphatic carbocycles. The highest BCUT2D eigenvalue weighted by Crippen LogP contribution is 2.40. The average molecular weight is 477 g/mol. The minimum Gasteiger partial charge on any atom is -0.494 e. The highest BCUT2D eigenvalue weighted by Gasteiger charge is 2.31. The maximum Gasteiger partial charge on any atom is 0.192 e. The summed E-state index contributed by atoms with van der Waals surface area (Å²) >= 11 is 1.44. The van der Waals surface area contributed by atoms with Crippen LogP contribution in [0.3, 0.4) is 0 Å². The van der Waals surface area contributed by atoms with E-state index in [1.165, 1.54) is 11.8 Å². The van der Waals surface area contributed by atoms with Gasteiger partial charge in [-0.2, -0.15) is 0 Å². The van der Waals surface area contributed by atoms with Crippen molar-refractivity contribution >= 4 is 17.5 Å². The van der Waals surface area contributed by atoms with Crippen LogP contribution in [0.25, 0.3) is 5.69 Å². The van der Waals surface area contributed by atoms with E-state index >= 15 is 0 Å². The van der Waals surface area contributed by atoms with Crippen LogP contribution in [-0.2, 0) is 6.54 Å². The van der Waals surface area contributed by atoms with E-state index in [9.17, 15) is 4.79 Å². The molecule has 0 unspecified atom stereocenters. The Balaban J connectivity index is 1.33. The number of ether oxygens (including phenoxy) is 1. The molecule has 1 aromatic carbocycles. The Kier molecular flexibility index (Phi) is 6.32. The summed E-state index contributed by atoms with van der Waals surface area (Å²) in [6, 6.07) is 13.8. The van der Waals surface area contributed by atoms with Gasteiger partial charge in [-0.15, -0.1) is 10.2 Å². The van der Waals surface area contributed by atoms with Crippen LogP contribution < -0.4 is 4.74 Å². The molecule has 0 atom stereocenters. The number of thioether (sulfide) groups is 1. The van der Waals surface area contributed by atoms with Crippen LogP contribution in [0.1, 0.15) is 59.0 Å². The summed E-state index contributed by atoms with van der Waals surface area (Å²) < 4.78 is 15.3. The summed E-state index contributed by atoms with van der Waals surface area (Å²) in [7, 11) is 0. The SMILES string of the molecule is CCOc1ccc(-n2c(C)cc(C(=O)CSc3nnc(C4CC4)n3Cc3ccco3)c2C)cc1. The first-order valence-corrected chi connectivity index (χ1v) is 12.6. The molecule has 7 nitrogen and oxygen atoms in total. The normalized spacial score (nSPS) is 13.4. The lowest BCUT2D eigenvalue weighted by Crippen LogP contribution is -2.08. The van der Waals surface area contributed by atoms with E-state index in [2.05, 4.69) is 19.3 Å². The smallest absolute Gasteiger partial charge is 0.192 e. The standard InChI is InChI=1S/C26H28N4O3S/c1-4-32-21-11-9-20(10-12-21)30-17(2)14-23(18(30)3)24(31)16-34-26-28-27-25(19-7-8-19)29(26)15-22-6-5-13-33-22/h5-6,9-14,19H,4,7-8,15-16H2,1-3H3. The van der Waals surface area contributed by atoms with Gasteiger partial charge in [0.25, 0.3) is 0 Å². The summed E-state index contributed by atoms with van der Waals surface area (Å²) in [5.74, 6) is 3.52. The molecular weight excluding hydrogens is 448 g/mol. The average Bonchev–Trinajstić information content (AvgIpc) is 3.26. The molecule has 0 saturated heterocycles. The van der Waals surface area contributed by atoms with Crippen molar-refractivity contribution < 1.29 is 13.9 Å². The van der Waals surface area contributed by atoms with Crippen LogP contribution >= 0.6 is 11.8 Å². The van der Waals surface area contributed by atoms with Crippen LogP contribution in [-0.4, -0.2) is 37.5 Å². The lowest BCUT2D eigenvalue weighted by atomic mass is 10.2. The van der Waals surface area contributed by atoms with Crippen LogP contribution in [0.15, 0.2) is 58.3 Å². The molecule has 0 aliphatic heterocycles. The summed E-state index contributed by atoms with van der Waals surface area (Å²) in [4.78, 5) is 13.2. The van der Waals surface area contributed by atoms with Gasteiger partial charge in [-0.05, 0) is 76.1 Å². The Morgan fingerprint density at radius 2 is 1.97 bits per heavy atom. The topological polar surface area (TPSA) is 75.1 Å². The highest BCUT2D eigenvalue weighted by atomic mass is 32.2. The number of aromatic nitrogens is 4. The molecule has 8 heteroatoms. The van der Waals surface area contributed by atoms with Crippen LogP contribution in [0.5, 0.6) is 5.75 Å². The second-order valence-corrected chi connectivity index (χ2v) is 9.48. The number of carbonyl (C=O) groups excluding carboxylic acids is 1. The maximum absolute atomic E-state index is 13.2. The van der Waals surface area contributed by atoms with Crippen molar-refractivity contribution in [3.8, 4) is 11.4 Å². The maximum atomic E-state index is 13.2. The Bertz CT molecular complexity index is 1280. The zero-order valence-corrected chi connectivity index (χ0v) is 20.5. The first-order valence-electron chi connectivity index (χ1n) is 11.6.